The molecule has 2 N–H and O–H groups in total. The van der Waals surface area contributed by atoms with Gasteiger partial charge in [-0.25, -0.2) is 4.79 Å². The maximum absolute atomic E-state index is 12.9. The number of benzene rings is 1. The lowest BCUT2D eigenvalue weighted by atomic mass is 9.92. The predicted molar refractivity (Wildman–Crippen MR) is 50.5 cm³/mol. The van der Waals surface area contributed by atoms with Crippen LogP contribution in [0.15, 0.2) is 24.3 Å². The molecule has 0 saturated carbocycles. The second kappa shape index (κ2) is 4.25. The second-order valence-corrected chi connectivity index (χ2v) is 3.21. The first kappa shape index (κ1) is 13.3. The van der Waals surface area contributed by atoms with Crippen molar-refractivity contribution in [1.29, 1.82) is 0 Å². The number of carboxylic acid groups (broad SMARTS) is 1. The molecule has 1 atom stereocenters. The summed E-state index contributed by atoms with van der Waals surface area (Å²) in [5, 5.41) is 18.1. The molecular weight excluding hydrogens is 241 g/mol. The van der Waals surface area contributed by atoms with Crippen LogP contribution in [0, 0.1) is 0 Å². The van der Waals surface area contributed by atoms with E-state index in [9.17, 15) is 23.1 Å². The number of carboxylic acids is 1. The Morgan fingerprint density at radius 1 is 1.29 bits per heavy atom. The summed E-state index contributed by atoms with van der Waals surface area (Å²) in [6, 6.07) is 4.26. The van der Waals surface area contributed by atoms with Crippen LogP contribution < -0.4 is 0 Å². The molecular formula is C10H9F3O4. The third-order valence-corrected chi connectivity index (χ3v) is 2.29. The highest BCUT2D eigenvalue weighted by molar-refractivity contribution is 5.81. The normalized spacial score (nSPS) is 15.3. The molecule has 0 amide bonds. The minimum atomic E-state index is -5.20. The minimum Gasteiger partial charge on any atom is -0.508 e. The number of halogens is 3. The molecule has 0 heterocycles. The zero-order valence-electron chi connectivity index (χ0n) is 8.65. The number of para-hydroxylation sites is 1. The second-order valence-electron chi connectivity index (χ2n) is 3.21. The maximum Gasteiger partial charge on any atom is 0.432 e. The molecule has 0 aliphatic carbocycles. The third kappa shape index (κ3) is 1.93. The van der Waals surface area contributed by atoms with Crippen molar-refractivity contribution in [2.45, 2.75) is 11.8 Å². The van der Waals surface area contributed by atoms with Crippen LogP contribution in [0.4, 0.5) is 13.2 Å². The van der Waals surface area contributed by atoms with Gasteiger partial charge in [-0.05, 0) is 6.07 Å². The van der Waals surface area contributed by atoms with Gasteiger partial charge in [-0.3, -0.25) is 0 Å². The van der Waals surface area contributed by atoms with Crippen LogP contribution in [0.3, 0.4) is 0 Å². The van der Waals surface area contributed by atoms with E-state index in [1.54, 1.807) is 0 Å². The van der Waals surface area contributed by atoms with Crippen LogP contribution in [-0.4, -0.2) is 29.5 Å². The number of alkyl halides is 3. The first-order valence-electron chi connectivity index (χ1n) is 4.41. The summed E-state index contributed by atoms with van der Waals surface area (Å²) in [7, 11) is 0.619. The average Bonchev–Trinajstić information content (AvgIpc) is 2.19. The number of ether oxygens (including phenoxy) is 1. The van der Waals surface area contributed by atoms with E-state index in [0.717, 1.165) is 12.1 Å². The van der Waals surface area contributed by atoms with Crippen molar-refractivity contribution in [2.75, 3.05) is 7.11 Å². The number of hydrogen-bond donors (Lipinski definition) is 2. The molecule has 0 saturated heterocycles. The molecule has 1 aromatic carbocycles. The van der Waals surface area contributed by atoms with Crippen molar-refractivity contribution in [3.63, 3.8) is 0 Å². The van der Waals surface area contributed by atoms with Crippen LogP contribution in [0.25, 0.3) is 0 Å². The van der Waals surface area contributed by atoms with Crippen molar-refractivity contribution in [3.05, 3.63) is 29.8 Å². The number of rotatable bonds is 3. The lowest BCUT2D eigenvalue weighted by molar-refractivity contribution is -0.274. The van der Waals surface area contributed by atoms with Gasteiger partial charge in [0.25, 0.3) is 5.60 Å². The Morgan fingerprint density at radius 2 is 1.82 bits per heavy atom. The van der Waals surface area contributed by atoms with Crippen molar-refractivity contribution >= 4 is 5.97 Å². The Kier molecular flexibility index (Phi) is 3.33. The summed E-state index contributed by atoms with van der Waals surface area (Å²) in [6.07, 6.45) is -5.20. The van der Waals surface area contributed by atoms with Gasteiger partial charge in [0.05, 0.1) is 0 Å². The summed E-state index contributed by atoms with van der Waals surface area (Å²) in [5.41, 5.74) is -4.43. The Labute approximate surface area is 94.3 Å². The van der Waals surface area contributed by atoms with Gasteiger partial charge in [-0.15, -0.1) is 0 Å². The molecule has 17 heavy (non-hydrogen) atoms. The van der Waals surface area contributed by atoms with E-state index < -0.39 is 29.1 Å². The molecule has 0 aliphatic rings. The van der Waals surface area contributed by atoms with E-state index in [1.807, 2.05) is 0 Å². The van der Waals surface area contributed by atoms with Crippen molar-refractivity contribution < 1.29 is 32.9 Å². The summed E-state index contributed by atoms with van der Waals surface area (Å²) >= 11 is 0. The minimum absolute atomic E-state index is 0.619. The SMILES string of the molecule is COC(C(=O)O)(c1ccccc1O)C(F)(F)F. The standard InChI is InChI=1S/C10H9F3O4/c1-17-9(8(15)16,10(11,12)13)6-4-2-3-5-7(6)14/h2-5,14H,1H3,(H,15,16). The number of phenols is 1. The molecule has 1 aromatic rings. The van der Waals surface area contributed by atoms with Gasteiger partial charge in [0, 0.05) is 12.7 Å². The molecule has 0 spiro atoms. The number of methoxy groups -OCH3 is 1. The molecule has 94 valence electrons. The average molecular weight is 250 g/mol. The molecule has 1 rings (SSSR count). The Hall–Kier alpha value is -1.76. The van der Waals surface area contributed by atoms with Crippen molar-refractivity contribution in [2.24, 2.45) is 0 Å². The van der Waals surface area contributed by atoms with Crippen LogP contribution in [0.2, 0.25) is 0 Å². The molecule has 4 nitrogen and oxygen atoms in total. The largest absolute Gasteiger partial charge is 0.508 e. The zero-order valence-corrected chi connectivity index (χ0v) is 8.65. The predicted octanol–water partition coefficient (Wildman–Crippen LogP) is 1.88. The smallest absolute Gasteiger partial charge is 0.432 e. The monoisotopic (exact) mass is 250 g/mol. The zero-order chi connectivity index (χ0) is 13.3. The molecule has 0 fully saturated rings. The first-order chi connectivity index (χ1) is 7.77. The van der Waals surface area contributed by atoms with Gasteiger partial charge in [0.15, 0.2) is 0 Å². The fourth-order valence-corrected chi connectivity index (χ4v) is 1.47. The van der Waals surface area contributed by atoms with Crippen molar-refractivity contribution in [3.8, 4) is 5.75 Å². The van der Waals surface area contributed by atoms with E-state index in [-0.39, 0.29) is 0 Å². The van der Waals surface area contributed by atoms with Crippen LogP contribution in [-0.2, 0) is 15.1 Å². The number of phenolic OH excluding ortho intramolecular Hbond substituents is 1. The quantitative estimate of drug-likeness (QED) is 0.859. The highest BCUT2D eigenvalue weighted by Gasteiger charge is 2.64. The van der Waals surface area contributed by atoms with Gasteiger partial charge >= 0.3 is 12.1 Å². The maximum atomic E-state index is 12.9. The number of aromatic hydroxyl groups is 1. The summed E-state index contributed by atoms with van der Waals surface area (Å²) < 4.78 is 42.8. The van der Waals surface area contributed by atoms with E-state index in [4.69, 9.17) is 5.11 Å². The molecule has 7 heteroatoms. The van der Waals surface area contributed by atoms with E-state index in [2.05, 4.69) is 4.74 Å². The summed E-state index contributed by atoms with van der Waals surface area (Å²) in [6.45, 7) is 0. The van der Waals surface area contributed by atoms with Gasteiger partial charge in [0.1, 0.15) is 5.75 Å². The Bertz CT molecular complexity index is 430. The summed E-state index contributed by atoms with van der Waals surface area (Å²) in [5.74, 6) is -3.04. The number of carbonyl (C=O) groups is 1. The number of aliphatic carboxylic acids is 1. The van der Waals surface area contributed by atoms with Gasteiger partial charge in [-0.1, -0.05) is 18.2 Å². The van der Waals surface area contributed by atoms with Crippen molar-refractivity contribution in [1.82, 2.24) is 0 Å². The van der Waals surface area contributed by atoms with Crippen LogP contribution >= 0.6 is 0 Å². The molecule has 0 bridgehead atoms. The third-order valence-electron chi connectivity index (χ3n) is 2.29. The van der Waals surface area contributed by atoms with E-state index >= 15 is 0 Å². The van der Waals surface area contributed by atoms with Crippen LogP contribution in [0.5, 0.6) is 5.75 Å². The van der Waals surface area contributed by atoms with Gasteiger partial charge in [-0.2, -0.15) is 13.2 Å². The number of hydrogen-bond acceptors (Lipinski definition) is 3. The fourth-order valence-electron chi connectivity index (χ4n) is 1.47. The fraction of sp³-hybridized carbons (Fsp3) is 0.300. The van der Waals surface area contributed by atoms with Gasteiger partial charge < -0.3 is 14.9 Å². The van der Waals surface area contributed by atoms with E-state index in [1.165, 1.54) is 12.1 Å². The summed E-state index contributed by atoms with van der Waals surface area (Å²) in [4.78, 5) is 10.9. The highest BCUT2D eigenvalue weighted by atomic mass is 19.4. The van der Waals surface area contributed by atoms with Gasteiger partial charge in [0.2, 0.25) is 0 Å². The lowest BCUT2D eigenvalue weighted by Crippen LogP contribution is -2.50. The topological polar surface area (TPSA) is 66.8 Å². The lowest BCUT2D eigenvalue weighted by Gasteiger charge is -2.30. The highest BCUT2D eigenvalue weighted by Crippen LogP contribution is 2.45. The molecule has 1 unspecified atom stereocenters. The molecule has 0 aromatic heterocycles. The Morgan fingerprint density at radius 3 is 2.18 bits per heavy atom. The first-order valence-corrected chi connectivity index (χ1v) is 4.41. The Balaban J connectivity index is 3.55. The van der Waals surface area contributed by atoms with Crippen LogP contribution in [0.1, 0.15) is 5.56 Å². The molecule has 0 radical (unpaired) electrons. The van der Waals surface area contributed by atoms with E-state index in [0.29, 0.717) is 7.11 Å². The molecule has 0 aliphatic heterocycles.